The summed E-state index contributed by atoms with van der Waals surface area (Å²) in [7, 11) is 0. The van der Waals surface area contributed by atoms with Crippen LogP contribution in [0.5, 0.6) is 0 Å². The molecule has 0 aliphatic heterocycles. The Hall–Kier alpha value is -1.09. The zero-order valence-corrected chi connectivity index (χ0v) is 9.70. The van der Waals surface area contributed by atoms with E-state index in [2.05, 4.69) is 0 Å². The van der Waals surface area contributed by atoms with Crippen LogP contribution >= 0.6 is 22.6 Å². The number of carbonyl (C=O) groups is 1. The average molecular weight is 301 g/mol. The summed E-state index contributed by atoms with van der Waals surface area (Å²) < 4.78 is 0.525. The van der Waals surface area contributed by atoms with Gasteiger partial charge in [-0.25, -0.2) is 4.79 Å². The molecule has 14 heavy (non-hydrogen) atoms. The van der Waals surface area contributed by atoms with E-state index in [-0.39, 0.29) is 5.56 Å². The summed E-state index contributed by atoms with van der Waals surface area (Å²) in [6.07, 6.45) is 0.735. The van der Waals surface area contributed by atoms with Gasteiger partial charge in [0.05, 0.1) is 11.1 Å². The maximum absolute atomic E-state index is 10.8. The second-order valence-electron chi connectivity index (χ2n) is 2.73. The Labute approximate surface area is 95.5 Å². The van der Waals surface area contributed by atoms with Gasteiger partial charge in [-0.15, -0.1) is 0 Å². The summed E-state index contributed by atoms with van der Waals surface area (Å²) >= 11 is 1.90. The van der Waals surface area contributed by atoms with Gasteiger partial charge in [0.1, 0.15) is 6.07 Å². The predicted octanol–water partition coefficient (Wildman–Crippen LogP) is 2.42. The maximum atomic E-state index is 10.8. The summed E-state index contributed by atoms with van der Waals surface area (Å²) in [5.41, 5.74) is 1.56. The van der Waals surface area contributed by atoms with Gasteiger partial charge in [0.15, 0.2) is 0 Å². The van der Waals surface area contributed by atoms with Crippen LogP contribution < -0.4 is 0 Å². The van der Waals surface area contributed by atoms with Crippen LogP contribution in [-0.2, 0) is 6.42 Å². The fourth-order valence-corrected chi connectivity index (χ4v) is 2.07. The molecule has 0 saturated carbocycles. The van der Waals surface area contributed by atoms with Gasteiger partial charge in [0, 0.05) is 3.57 Å². The molecule has 1 aromatic rings. The summed E-state index contributed by atoms with van der Waals surface area (Å²) in [4.78, 5) is 10.8. The number of rotatable bonds is 2. The maximum Gasteiger partial charge on any atom is 0.336 e. The normalized spacial score (nSPS) is 9.50. The number of nitriles is 1. The molecule has 0 aliphatic rings. The van der Waals surface area contributed by atoms with Gasteiger partial charge in [0.2, 0.25) is 0 Å². The van der Waals surface area contributed by atoms with Crippen molar-refractivity contribution in [3.05, 3.63) is 32.4 Å². The highest BCUT2D eigenvalue weighted by Crippen LogP contribution is 2.21. The second kappa shape index (κ2) is 4.42. The van der Waals surface area contributed by atoms with Gasteiger partial charge in [0.25, 0.3) is 0 Å². The number of carboxylic acids is 1. The van der Waals surface area contributed by atoms with E-state index >= 15 is 0 Å². The molecule has 0 radical (unpaired) electrons. The second-order valence-corrected chi connectivity index (χ2v) is 3.81. The van der Waals surface area contributed by atoms with Gasteiger partial charge >= 0.3 is 5.97 Å². The Bertz CT molecular complexity index is 421. The van der Waals surface area contributed by atoms with Crippen LogP contribution in [0.15, 0.2) is 12.1 Å². The number of halogens is 1. The first-order chi connectivity index (χ1) is 6.61. The third-order valence-electron chi connectivity index (χ3n) is 1.95. The lowest BCUT2D eigenvalue weighted by atomic mass is 10.0. The molecular weight excluding hydrogens is 293 g/mol. The van der Waals surface area contributed by atoms with Crippen LogP contribution in [0.4, 0.5) is 0 Å². The fraction of sp³-hybridized carbons (Fsp3) is 0.200. The minimum Gasteiger partial charge on any atom is -0.478 e. The van der Waals surface area contributed by atoms with Crippen LogP contribution in [0.2, 0.25) is 0 Å². The molecule has 1 rings (SSSR count). The molecule has 0 unspecified atom stereocenters. The minimum atomic E-state index is -0.992. The first-order valence-corrected chi connectivity index (χ1v) is 5.14. The zero-order chi connectivity index (χ0) is 10.7. The Balaban J connectivity index is 3.44. The molecule has 1 aromatic carbocycles. The molecule has 0 heterocycles. The quantitative estimate of drug-likeness (QED) is 0.853. The lowest BCUT2D eigenvalue weighted by Gasteiger charge is -2.05. The summed E-state index contributed by atoms with van der Waals surface area (Å²) in [5.74, 6) is -0.992. The molecule has 0 aliphatic carbocycles. The molecule has 0 fully saturated rings. The van der Waals surface area contributed by atoms with Gasteiger partial charge in [-0.3, -0.25) is 0 Å². The molecule has 0 saturated heterocycles. The predicted molar refractivity (Wildman–Crippen MR) is 60.2 cm³/mol. The van der Waals surface area contributed by atoms with E-state index in [4.69, 9.17) is 10.4 Å². The number of aromatic carboxylic acids is 1. The molecule has 0 amide bonds. The van der Waals surface area contributed by atoms with E-state index in [0.29, 0.717) is 9.13 Å². The monoisotopic (exact) mass is 301 g/mol. The van der Waals surface area contributed by atoms with Crippen molar-refractivity contribution < 1.29 is 9.90 Å². The lowest BCUT2D eigenvalue weighted by molar-refractivity contribution is 0.0695. The molecular formula is C10H8INO2. The molecule has 3 nitrogen and oxygen atoms in total. The van der Waals surface area contributed by atoms with Crippen LogP contribution in [0.1, 0.15) is 28.4 Å². The van der Waals surface area contributed by atoms with Crippen molar-refractivity contribution in [3.8, 4) is 6.07 Å². The third kappa shape index (κ3) is 1.87. The van der Waals surface area contributed by atoms with Gasteiger partial charge < -0.3 is 5.11 Å². The number of benzene rings is 1. The number of nitrogens with zero attached hydrogens (tertiary/aromatic N) is 1. The van der Waals surface area contributed by atoms with E-state index in [1.165, 1.54) is 0 Å². The summed E-state index contributed by atoms with van der Waals surface area (Å²) in [6.45, 7) is 1.94. The van der Waals surface area contributed by atoms with Gasteiger partial charge in [-0.1, -0.05) is 13.0 Å². The molecule has 0 bridgehead atoms. The Morgan fingerprint density at radius 1 is 1.64 bits per heavy atom. The number of aryl methyl sites for hydroxylation is 1. The average Bonchev–Trinajstić information content (AvgIpc) is 2.16. The van der Waals surface area contributed by atoms with Crippen LogP contribution in [0.25, 0.3) is 0 Å². The fourth-order valence-electron chi connectivity index (χ4n) is 1.20. The van der Waals surface area contributed by atoms with Gasteiger partial charge in [-0.2, -0.15) is 5.26 Å². The van der Waals surface area contributed by atoms with Crippen molar-refractivity contribution in [2.75, 3.05) is 0 Å². The summed E-state index contributed by atoms with van der Waals surface area (Å²) in [6, 6.07) is 5.28. The topological polar surface area (TPSA) is 61.1 Å². The molecule has 72 valence electrons. The smallest absolute Gasteiger partial charge is 0.336 e. The standard InChI is InChI=1S/C10H8INO2/c1-2-6-3-4-7(10(13)14)9(11)8(6)5-12/h3-4H,2H2,1H3,(H,13,14). The molecule has 4 heteroatoms. The van der Waals surface area contributed by atoms with Crippen molar-refractivity contribution in [2.45, 2.75) is 13.3 Å². The highest BCUT2D eigenvalue weighted by Gasteiger charge is 2.14. The highest BCUT2D eigenvalue weighted by atomic mass is 127. The lowest BCUT2D eigenvalue weighted by Crippen LogP contribution is -2.03. The first kappa shape index (κ1) is 11.0. The number of hydrogen-bond donors (Lipinski definition) is 1. The van der Waals surface area contributed by atoms with Crippen molar-refractivity contribution in [3.63, 3.8) is 0 Å². The number of carboxylic acid groups (broad SMARTS) is 1. The van der Waals surface area contributed by atoms with Crippen molar-refractivity contribution >= 4 is 28.6 Å². The molecule has 0 spiro atoms. The van der Waals surface area contributed by atoms with Crippen LogP contribution in [0, 0.1) is 14.9 Å². The number of hydrogen-bond acceptors (Lipinski definition) is 2. The SMILES string of the molecule is CCc1ccc(C(=O)O)c(I)c1C#N. The van der Waals surface area contributed by atoms with Crippen LogP contribution in [0.3, 0.4) is 0 Å². The van der Waals surface area contributed by atoms with E-state index in [0.717, 1.165) is 12.0 Å². The molecule has 0 aromatic heterocycles. The van der Waals surface area contributed by atoms with E-state index in [1.807, 2.05) is 35.6 Å². The zero-order valence-electron chi connectivity index (χ0n) is 7.54. The van der Waals surface area contributed by atoms with Gasteiger partial charge in [-0.05, 0) is 40.6 Å². The Morgan fingerprint density at radius 3 is 2.71 bits per heavy atom. The van der Waals surface area contributed by atoms with Crippen molar-refractivity contribution in [1.29, 1.82) is 5.26 Å². The molecule has 0 atom stereocenters. The van der Waals surface area contributed by atoms with Crippen molar-refractivity contribution in [1.82, 2.24) is 0 Å². The van der Waals surface area contributed by atoms with Crippen LogP contribution in [-0.4, -0.2) is 11.1 Å². The van der Waals surface area contributed by atoms with Crippen molar-refractivity contribution in [2.24, 2.45) is 0 Å². The third-order valence-corrected chi connectivity index (χ3v) is 3.07. The summed E-state index contributed by atoms with van der Waals surface area (Å²) in [5, 5.41) is 17.7. The van der Waals surface area contributed by atoms with E-state index in [1.54, 1.807) is 12.1 Å². The van der Waals surface area contributed by atoms with E-state index < -0.39 is 5.97 Å². The first-order valence-electron chi connectivity index (χ1n) is 4.06. The Kier molecular flexibility index (Phi) is 3.47. The minimum absolute atomic E-state index is 0.194. The largest absolute Gasteiger partial charge is 0.478 e. The highest BCUT2D eigenvalue weighted by molar-refractivity contribution is 14.1. The Morgan fingerprint density at radius 2 is 2.29 bits per heavy atom. The van der Waals surface area contributed by atoms with E-state index in [9.17, 15) is 4.79 Å². The molecule has 1 N–H and O–H groups in total.